The summed E-state index contributed by atoms with van der Waals surface area (Å²) < 4.78 is 12.5. The third-order valence-corrected chi connectivity index (χ3v) is 6.47. The number of ether oxygens (including phenoxy) is 2. The number of hydrogen-bond donors (Lipinski definition) is 0. The van der Waals surface area contributed by atoms with Crippen molar-refractivity contribution in [2.75, 3.05) is 13.2 Å². The molecule has 1 heterocycles. The monoisotopic (exact) mass is 504 g/mol. The molecular formula is C33H48N2O2. The molecule has 0 radical (unpaired) electrons. The Morgan fingerprint density at radius 3 is 1.89 bits per heavy atom. The summed E-state index contributed by atoms with van der Waals surface area (Å²) in [5.74, 6) is 1.80. The number of rotatable bonds is 21. The Kier molecular flexibility index (Phi) is 15.8. The quantitative estimate of drug-likeness (QED) is 0.159. The number of allylic oxidation sites excluding steroid dienone is 1. The Hall–Kier alpha value is -2.88. The Balaban J connectivity index is 2.06. The minimum atomic E-state index is 0.726. The topological polar surface area (TPSA) is 44.2 Å². The Labute approximate surface area is 225 Å². The summed E-state index contributed by atoms with van der Waals surface area (Å²) in [4.78, 5) is 8.52. The van der Waals surface area contributed by atoms with Crippen molar-refractivity contribution >= 4 is 18.2 Å². The van der Waals surface area contributed by atoms with Crippen molar-refractivity contribution in [2.24, 2.45) is 0 Å². The third kappa shape index (κ3) is 12.3. The third-order valence-electron chi connectivity index (χ3n) is 6.47. The van der Waals surface area contributed by atoms with Crippen LogP contribution in [-0.2, 0) is 6.42 Å². The molecule has 1 aromatic heterocycles. The first-order valence-corrected chi connectivity index (χ1v) is 14.4. The molecule has 0 aliphatic heterocycles. The van der Waals surface area contributed by atoms with Crippen LogP contribution in [0, 0.1) is 0 Å². The van der Waals surface area contributed by atoms with Gasteiger partial charge in [-0.2, -0.15) is 0 Å². The molecule has 2 aromatic rings. The molecule has 0 fully saturated rings. The van der Waals surface area contributed by atoms with Gasteiger partial charge in [0.05, 0.1) is 24.6 Å². The van der Waals surface area contributed by atoms with Gasteiger partial charge in [0, 0.05) is 11.1 Å². The highest BCUT2D eigenvalue weighted by atomic mass is 16.5. The lowest BCUT2D eigenvalue weighted by molar-refractivity contribution is 0.293. The smallest absolute Gasteiger partial charge is 0.127 e. The van der Waals surface area contributed by atoms with Gasteiger partial charge in [0.25, 0.3) is 0 Å². The minimum Gasteiger partial charge on any atom is -0.493 e. The SMILES string of the molecule is C=Cc1cc(/C=C/Cc2cc(OCCCCCCCC)c(C=C)cc2OCCCCCCCC)ncn1. The fourth-order valence-corrected chi connectivity index (χ4v) is 4.22. The summed E-state index contributed by atoms with van der Waals surface area (Å²) >= 11 is 0. The van der Waals surface area contributed by atoms with E-state index in [-0.39, 0.29) is 0 Å². The van der Waals surface area contributed by atoms with Crippen LogP contribution < -0.4 is 9.47 Å². The van der Waals surface area contributed by atoms with Crippen molar-refractivity contribution in [1.82, 2.24) is 9.97 Å². The fraction of sp³-hybridized carbons (Fsp3) is 0.515. The van der Waals surface area contributed by atoms with Crippen molar-refractivity contribution < 1.29 is 9.47 Å². The zero-order valence-electron chi connectivity index (χ0n) is 23.4. The van der Waals surface area contributed by atoms with E-state index in [2.05, 4.69) is 55.2 Å². The lowest BCUT2D eigenvalue weighted by Gasteiger charge is -2.16. The van der Waals surface area contributed by atoms with E-state index in [1.807, 2.05) is 18.2 Å². The van der Waals surface area contributed by atoms with Crippen molar-refractivity contribution in [3.8, 4) is 11.5 Å². The first kappa shape index (κ1) is 30.3. The average molecular weight is 505 g/mol. The Bertz CT molecular complexity index is 951. The van der Waals surface area contributed by atoms with Gasteiger partial charge in [0.2, 0.25) is 0 Å². The zero-order chi connectivity index (χ0) is 26.6. The molecule has 0 N–H and O–H groups in total. The molecule has 0 aliphatic carbocycles. The largest absolute Gasteiger partial charge is 0.493 e. The molecule has 0 spiro atoms. The average Bonchev–Trinajstić information content (AvgIpc) is 2.92. The van der Waals surface area contributed by atoms with Crippen LogP contribution in [0.5, 0.6) is 11.5 Å². The van der Waals surface area contributed by atoms with E-state index in [1.54, 1.807) is 12.4 Å². The molecule has 4 heteroatoms. The molecule has 0 aliphatic rings. The van der Waals surface area contributed by atoms with Crippen molar-refractivity contribution in [3.63, 3.8) is 0 Å². The van der Waals surface area contributed by atoms with Gasteiger partial charge in [-0.05, 0) is 49.6 Å². The first-order chi connectivity index (χ1) is 18.2. The second-order valence-electron chi connectivity index (χ2n) is 9.61. The summed E-state index contributed by atoms with van der Waals surface area (Å²) in [7, 11) is 0. The standard InChI is InChI=1S/C33H48N2O2/c1-5-9-11-13-15-17-22-36-32-25-29(20-19-21-31-26-30(8-4)34-27-35-31)33(24-28(32)7-3)37-23-18-16-14-12-10-6-2/h7-8,19,21,24-27H,3-6,9-18,20,22-23H2,1-2H3/b21-19+. The summed E-state index contributed by atoms with van der Waals surface area (Å²) in [6.45, 7) is 13.8. The summed E-state index contributed by atoms with van der Waals surface area (Å²) in [5.41, 5.74) is 3.78. The maximum atomic E-state index is 6.28. The fourth-order valence-electron chi connectivity index (χ4n) is 4.22. The maximum Gasteiger partial charge on any atom is 0.127 e. The molecule has 0 atom stereocenters. The van der Waals surface area contributed by atoms with Crippen LogP contribution in [-0.4, -0.2) is 23.2 Å². The predicted octanol–water partition coefficient (Wildman–Crippen LogP) is 9.50. The van der Waals surface area contributed by atoms with Crippen LogP contribution in [0.15, 0.2) is 43.8 Å². The van der Waals surface area contributed by atoms with Crippen molar-refractivity contribution in [1.29, 1.82) is 0 Å². The summed E-state index contributed by atoms with van der Waals surface area (Å²) in [5, 5.41) is 0. The van der Waals surface area contributed by atoms with Crippen molar-refractivity contribution in [2.45, 2.75) is 97.3 Å². The highest BCUT2D eigenvalue weighted by Gasteiger charge is 2.11. The van der Waals surface area contributed by atoms with E-state index in [0.717, 1.165) is 66.5 Å². The highest BCUT2D eigenvalue weighted by molar-refractivity contribution is 5.61. The van der Waals surface area contributed by atoms with Crippen molar-refractivity contribution in [3.05, 3.63) is 66.3 Å². The lowest BCUT2D eigenvalue weighted by Crippen LogP contribution is -2.04. The van der Waals surface area contributed by atoms with Gasteiger partial charge in [0.1, 0.15) is 17.8 Å². The van der Waals surface area contributed by atoms with Gasteiger partial charge < -0.3 is 9.47 Å². The molecule has 0 bridgehead atoms. The Morgan fingerprint density at radius 1 is 0.676 bits per heavy atom. The second kappa shape index (κ2) is 19.3. The molecule has 202 valence electrons. The molecule has 2 rings (SSSR count). The second-order valence-corrected chi connectivity index (χ2v) is 9.61. The predicted molar refractivity (Wildman–Crippen MR) is 159 cm³/mol. The van der Waals surface area contributed by atoms with Crippen LogP contribution in [0.2, 0.25) is 0 Å². The highest BCUT2D eigenvalue weighted by Crippen LogP contribution is 2.31. The number of benzene rings is 1. The zero-order valence-corrected chi connectivity index (χ0v) is 23.4. The van der Waals surface area contributed by atoms with E-state index in [0.29, 0.717) is 0 Å². The van der Waals surface area contributed by atoms with Gasteiger partial charge in [-0.15, -0.1) is 0 Å². The van der Waals surface area contributed by atoms with Gasteiger partial charge in [-0.3, -0.25) is 0 Å². The molecule has 1 aromatic carbocycles. The maximum absolute atomic E-state index is 6.28. The number of aromatic nitrogens is 2. The molecule has 0 saturated carbocycles. The van der Waals surface area contributed by atoms with Crippen LogP contribution in [0.25, 0.3) is 18.2 Å². The van der Waals surface area contributed by atoms with E-state index < -0.39 is 0 Å². The van der Waals surface area contributed by atoms with Crippen LogP contribution in [0.3, 0.4) is 0 Å². The molecular weight excluding hydrogens is 456 g/mol. The lowest BCUT2D eigenvalue weighted by atomic mass is 10.0. The first-order valence-electron chi connectivity index (χ1n) is 14.4. The summed E-state index contributed by atoms with van der Waals surface area (Å²) in [6, 6.07) is 6.14. The van der Waals surface area contributed by atoms with Crippen LogP contribution in [0.4, 0.5) is 0 Å². The van der Waals surface area contributed by atoms with Gasteiger partial charge in [0.15, 0.2) is 0 Å². The summed E-state index contributed by atoms with van der Waals surface area (Å²) in [6.07, 6.45) is 25.0. The van der Waals surface area contributed by atoms with Crippen LogP contribution >= 0.6 is 0 Å². The molecule has 0 unspecified atom stereocenters. The van der Waals surface area contributed by atoms with Crippen LogP contribution in [0.1, 0.15) is 113 Å². The van der Waals surface area contributed by atoms with E-state index in [1.165, 1.54) is 64.2 Å². The van der Waals surface area contributed by atoms with E-state index in [9.17, 15) is 0 Å². The molecule has 0 saturated heterocycles. The van der Waals surface area contributed by atoms with E-state index in [4.69, 9.17) is 9.47 Å². The number of unbranched alkanes of at least 4 members (excludes halogenated alkanes) is 10. The molecule has 4 nitrogen and oxygen atoms in total. The minimum absolute atomic E-state index is 0.726. The number of hydrogen-bond acceptors (Lipinski definition) is 4. The molecule has 37 heavy (non-hydrogen) atoms. The van der Waals surface area contributed by atoms with E-state index >= 15 is 0 Å². The van der Waals surface area contributed by atoms with Gasteiger partial charge in [-0.25, -0.2) is 9.97 Å². The molecule has 0 amide bonds. The van der Waals surface area contributed by atoms with Gasteiger partial charge >= 0.3 is 0 Å². The van der Waals surface area contributed by atoms with Gasteiger partial charge in [-0.1, -0.05) is 103 Å². The normalized spacial score (nSPS) is 11.1. The Morgan fingerprint density at radius 2 is 1.27 bits per heavy atom. The number of nitrogens with zero attached hydrogens (tertiary/aromatic N) is 2.